The first-order valence-corrected chi connectivity index (χ1v) is 10.2. The quantitative estimate of drug-likeness (QED) is 0.667. The second kappa shape index (κ2) is 8.54. The van der Waals surface area contributed by atoms with E-state index in [2.05, 4.69) is 38.9 Å². The molecule has 138 valence electrons. The van der Waals surface area contributed by atoms with Gasteiger partial charge in [-0.2, -0.15) is 0 Å². The Balaban J connectivity index is 1.62. The van der Waals surface area contributed by atoms with Gasteiger partial charge in [-0.3, -0.25) is 0 Å². The number of benzene rings is 1. The van der Waals surface area contributed by atoms with E-state index < -0.39 is 14.8 Å². The predicted octanol–water partition coefficient (Wildman–Crippen LogP) is 3.78. The van der Waals surface area contributed by atoms with Crippen LogP contribution in [0, 0.1) is 0 Å². The number of unbranched alkanes of at least 4 members (excludes halogenated alkanes) is 2. The number of nitrogens with zero attached hydrogens (tertiary/aromatic N) is 1. The minimum absolute atomic E-state index is 0.505. The molecule has 0 bridgehead atoms. The number of sulfonamides is 1. The molecular formula is C19H29N3O2S. The molecule has 2 aromatic rings. The molecule has 0 atom stereocenters. The summed E-state index contributed by atoms with van der Waals surface area (Å²) < 4.78 is 27.8. The van der Waals surface area contributed by atoms with E-state index in [1.54, 1.807) is 20.8 Å². The van der Waals surface area contributed by atoms with Crippen LogP contribution in [-0.4, -0.2) is 30.8 Å². The van der Waals surface area contributed by atoms with Crippen molar-refractivity contribution in [2.24, 2.45) is 0 Å². The Labute approximate surface area is 151 Å². The molecule has 0 amide bonds. The van der Waals surface area contributed by atoms with Gasteiger partial charge in [0.25, 0.3) is 0 Å². The van der Waals surface area contributed by atoms with Crippen LogP contribution in [0.2, 0.25) is 0 Å². The molecule has 0 aliphatic heterocycles. The van der Waals surface area contributed by atoms with E-state index in [0.717, 1.165) is 37.2 Å². The van der Waals surface area contributed by atoms with Crippen molar-refractivity contribution in [2.75, 3.05) is 18.4 Å². The van der Waals surface area contributed by atoms with Crippen molar-refractivity contribution in [3.05, 3.63) is 48.8 Å². The minimum Gasteiger partial charge on any atom is -0.385 e. The van der Waals surface area contributed by atoms with Crippen molar-refractivity contribution < 1.29 is 8.42 Å². The van der Waals surface area contributed by atoms with Crippen molar-refractivity contribution in [3.8, 4) is 5.69 Å². The molecule has 25 heavy (non-hydrogen) atoms. The summed E-state index contributed by atoms with van der Waals surface area (Å²) in [5.41, 5.74) is 2.24. The zero-order valence-corrected chi connectivity index (χ0v) is 16.1. The highest BCUT2D eigenvalue weighted by Gasteiger charge is 2.27. The van der Waals surface area contributed by atoms with Crippen molar-refractivity contribution in [3.63, 3.8) is 0 Å². The van der Waals surface area contributed by atoms with E-state index in [-0.39, 0.29) is 0 Å². The molecule has 1 aromatic carbocycles. The molecule has 0 aliphatic rings. The molecule has 0 radical (unpaired) electrons. The Bertz CT molecular complexity index is 730. The van der Waals surface area contributed by atoms with Crippen molar-refractivity contribution >= 4 is 15.7 Å². The Kier molecular flexibility index (Phi) is 6.67. The third-order valence-corrected chi connectivity index (χ3v) is 6.25. The standard InChI is InChI=1S/C19H29N3O2S/c1-19(2,3)25(23,24)21-14-6-4-5-13-20-17-9-11-18(12-10-17)22-15-7-8-16-22/h7-12,15-16,20-21H,4-6,13-14H2,1-3H3. The smallest absolute Gasteiger partial charge is 0.216 e. The lowest BCUT2D eigenvalue weighted by Crippen LogP contribution is -2.39. The molecule has 5 nitrogen and oxygen atoms in total. The summed E-state index contributed by atoms with van der Waals surface area (Å²) in [6, 6.07) is 12.3. The van der Waals surface area contributed by atoms with Gasteiger partial charge in [0.15, 0.2) is 0 Å². The molecule has 1 heterocycles. The zero-order valence-electron chi connectivity index (χ0n) is 15.3. The molecule has 0 aliphatic carbocycles. The monoisotopic (exact) mass is 363 g/mol. The zero-order chi connectivity index (χ0) is 18.3. The van der Waals surface area contributed by atoms with Crippen LogP contribution in [0.3, 0.4) is 0 Å². The van der Waals surface area contributed by atoms with Crippen molar-refractivity contribution in [2.45, 2.75) is 44.8 Å². The predicted molar refractivity (Wildman–Crippen MR) is 105 cm³/mol. The number of hydrogen-bond donors (Lipinski definition) is 2. The van der Waals surface area contributed by atoms with E-state index in [0.29, 0.717) is 6.54 Å². The lowest BCUT2D eigenvalue weighted by Gasteiger charge is -2.19. The van der Waals surface area contributed by atoms with E-state index >= 15 is 0 Å². The summed E-state index contributed by atoms with van der Waals surface area (Å²) in [5, 5.41) is 3.40. The van der Waals surface area contributed by atoms with Crippen LogP contribution in [0.5, 0.6) is 0 Å². The first-order valence-electron chi connectivity index (χ1n) is 8.76. The molecule has 6 heteroatoms. The molecule has 0 saturated carbocycles. The Morgan fingerprint density at radius 3 is 2.12 bits per heavy atom. The van der Waals surface area contributed by atoms with Gasteiger partial charge in [-0.15, -0.1) is 0 Å². The number of rotatable bonds is 9. The van der Waals surface area contributed by atoms with Crippen LogP contribution in [0.1, 0.15) is 40.0 Å². The average Bonchev–Trinajstić information content (AvgIpc) is 3.08. The summed E-state index contributed by atoms with van der Waals surface area (Å²) in [6.45, 7) is 6.52. The Morgan fingerprint density at radius 2 is 1.52 bits per heavy atom. The van der Waals surface area contributed by atoms with Gasteiger partial charge in [0, 0.05) is 36.9 Å². The van der Waals surface area contributed by atoms with Crippen LogP contribution >= 0.6 is 0 Å². The lowest BCUT2D eigenvalue weighted by molar-refractivity contribution is 0.540. The highest BCUT2D eigenvalue weighted by Crippen LogP contribution is 2.14. The summed E-state index contributed by atoms with van der Waals surface area (Å²) in [7, 11) is -3.22. The topological polar surface area (TPSA) is 63.1 Å². The fourth-order valence-electron chi connectivity index (χ4n) is 2.34. The largest absolute Gasteiger partial charge is 0.385 e. The molecule has 2 N–H and O–H groups in total. The van der Waals surface area contributed by atoms with Gasteiger partial charge in [0.05, 0.1) is 4.75 Å². The van der Waals surface area contributed by atoms with E-state index in [1.807, 2.05) is 24.5 Å². The van der Waals surface area contributed by atoms with Gasteiger partial charge in [-0.05, 0) is 70.0 Å². The van der Waals surface area contributed by atoms with Crippen LogP contribution in [0.4, 0.5) is 5.69 Å². The van der Waals surface area contributed by atoms with Crippen LogP contribution < -0.4 is 10.0 Å². The van der Waals surface area contributed by atoms with Gasteiger partial charge in [-0.1, -0.05) is 6.42 Å². The maximum Gasteiger partial charge on any atom is 0.216 e. The summed E-state index contributed by atoms with van der Waals surface area (Å²) in [4.78, 5) is 0. The van der Waals surface area contributed by atoms with E-state index in [4.69, 9.17) is 0 Å². The highest BCUT2D eigenvalue weighted by atomic mass is 32.2. The molecule has 1 aromatic heterocycles. The van der Waals surface area contributed by atoms with Crippen molar-refractivity contribution in [1.82, 2.24) is 9.29 Å². The molecule has 0 spiro atoms. The number of hydrogen-bond acceptors (Lipinski definition) is 3. The van der Waals surface area contributed by atoms with E-state index in [1.165, 1.54) is 0 Å². The normalized spacial score (nSPS) is 12.3. The first-order chi connectivity index (χ1) is 11.8. The second-order valence-corrected chi connectivity index (χ2v) is 9.66. The van der Waals surface area contributed by atoms with Crippen molar-refractivity contribution in [1.29, 1.82) is 0 Å². The van der Waals surface area contributed by atoms with E-state index in [9.17, 15) is 8.42 Å². The minimum atomic E-state index is -3.22. The Hall–Kier alpha value is -1.79. The summed E-state index contributed by atoms with van der Waals surface area (Å²) in [6.07, 6.45) is 6.90. The van der Waals surface area contributed by atoms with Crippen LogP contribution in [0.15, 0.2) is 48.8 Å². The SMILES string of the molecule is CC(C)(C)S(=O)(=O)NCCCCCNc1ccc(-n2cccc2)cc1. The highest BCUT2D eigenvalue weighted by molar-refractivity contribution is 7.90. The summed E-state index contributed by atoms with van der Waals surface area (Å²) in [5.74, 6) is 0. The van der Waals surface area contributed by atoms with Gasteiger partial charge >= 0.3 is 0 Å². The molecule has 0 fully saturated rings. The third-order valence-electron chi connectivity index (χ3n) is 4.05. The van der Waals surface area contributed by atoms with Gasteiger partial charge < -0.3 is 9.88 Å². The molecule has 2 rings (SSSR count). The maximum atomic E-state index is 11.9. The fraction of sp³-hybridized carbons (Fsp3) is 0.474. The summed E-state index contributed by atoms with van der Waals surface area (Å²) >= 11 is 0. The maximum absolute atomic E-state index is 11.9. The lowest BCUT2D eigenvalue weighted by atomic mass is 10.2. The number of aromatic nitrogens is 1. The molecular weight excluding hydrogens is 334 g/mol. The van der Waals surface area contributed by atoms with Gasteiger partial charge in [0.2, 0.25) is 10.0 Å². The third kappa shape index (κ3) is 5.90. The average molecular weight is 364 g/mol. The molecule has 0 saturated heterocycles. The van der Waals surface area contributed by atoms with Gasteiger partial charge in [0.1, 0.15) is 0 Å². The first kappa shape index (κ1) is 19.5. The fourth-order valence-corrected chi connectivity index (χ4v) is 3.19. The van der Waals surface area contributed by atoms with Gasteiger partial charge in [-0.25, -0.2) is 13.1 Å². The number of anilines is 1. The van der Waals surface area contributed by atoms with Crippen LogP contribution in [0.25, 0.3) is 5.69 Å². The second-order valence-electron chi connectivity index (χ2n) is 7.13. The Morgan fingerprint density at radius 1 is 0.920 bits per heavy atom. The van der Waals surface area contributed by atoms with Crippen LogP contribution in [-0.2, 0) is 10.0 Å². The number of nitrogens with one attached hydrogen (secondary N) is 2. The molecule has 0 unspecified atom stereocenters.